The second kappa shape index (κ2) is 5.10. The van der Waals surface area contributed by atoms with Crippen LogP contribution in [-0.2, 0) is 6.42 Å². The van der Waals surface area contributed by atoms with Gasteiger partial charge in [-0.05, 0) is 40.5 Å². The molecular weight excluding hydrogens is 302 g/mol. The number of hydrogen-bond acceptors (Lipinski definition) is 2. The summed E-state index contributed by atoms with van der Waals surface area (Å²) in [6, 6.07) is 4.17. The topological polar surface area (TPSA) is 25.8 Å². The van der Waals surface area contributed by atoms with E-state index in [1.807, 2.05) is 6.92 Å². The Labute approximate surface area is 112 Å². The fraction of sp³-hybridized carbons (Fsp3) is 0.231. The highest BCUT2D eigenvalue weighted by molar-refractivity contribution is 9.10. The quantitative estimate of drug-likeness (QED) is 0.782. The van der Waals surface area contributed by atoms with Gasteiger partial charge < -0.3 is 0 Å². The highest BCUT2D eigenvalue weighted by Gasteiger charge is 2.16. The van der Waals surface area contributed by atoms with Crippen LogP contribution >= 0.6 is 15.9 Å². The number of nitrogens with zero attached hydrogens (tertiary/aromatic N) is 2. The van der Waals surface area contributed by atoms with Gasteiger partial charge in [-0.1, -0.05) is 13.0 Å². The van der Waals surface area contributed by atoms with Gasteiger partial charge in [-0.15, -0.1) is 0 Å². The largest absolute Gasteiger partial charge is 0.233 e. The molecule has 0 atom stereocenters. The molecule has 0 unspecified atom stereocenters. The molecule has 0 N–H and O–H groups in total. The predicted molar refractivity (Wildman–Crippen MR) is 69.2 cm³/mol. The summed E-state index contributed by atoms with van der Waals surface area (Å²) in [5, 5.41) is 0. The zero-order chi connectivity index (χ0) is 13.3. The smallest absolute Gasteiger partial charge is 0.138 e. The van der Waals surface area contributed by atoms with Gasteiger partial charge in [0.1, 0.15) is 22.1 Å². The highest BCUT2D eigenvalue weighted by atomic mass is 79.9. The number of aromatic nitrogens is 2. The van der Waals surface area contributed by atoms with Crippen molar-refractivity contribution in [3.8, 4) is 11.3 Å². The Balaban J connectivity index is 2.69. The molecule has 5 heteroatoms. The van der Waals surface area contributed by atoms with E-state index in [1.54, 1.807) is 6.92 Å². The van der Waals surface area contributed by atoms with E-state index in [0.717, 1.165) is 0 Å². The van der Waals surface area contributed by atoms with Gasteiger partial charge in [0, 0.05) is 6.42 Å². The molecule has 1 aromatic carbocycles. The van der Waals surface area contributed by atoms with E-state index in [0.29, 0.717) is 22.4 Å². The molecule has 2 aromatic rings. The number of halogens is 3. The van der Waals surface area contributed by atoms with E-state index in [-0.39, 0.29) is 11.3 Å². The number of hydrogen-bond donors (Lipinski definition) is 0. The molecule has 0 saturated carbocycles. The summed E-state index contributed by atoms with van der Waals surface area (Å²) in [7, 11) is 0. The first-order valence-electron chi connectivity index (χ1n) is 5.51. The van der Waals surface area contributed by atoms with Gasteiger partial charge in [-0.25, -0.2) is 18.7 Å². The van der Waals surface area contributed by atoms with Crippen molar-refractivity contribution in [1.29, 1.82) is 0 Å². The molecule has 0 radical (unpaired) electrons. The predicted octanol–water partition coefficient (Wildman–Crippen LogP) is 4.06. The van der Waals surface area contributed by atoms with Crippen LogP contribution in [0.25, 0.3) is 11.3 Å². The molecule has 0 spiro atoms. The molecule has 0 saturated heterocycles. The third-order valence-corrected chi connectivity index (χ3v) is 3.00. The summed E-state index contributed by atoms with van der Waals surface area (Å²) in [5.41, 5.74) is 0.541. The summed E-state index contributed by atoms with van der Waals surface area (Å²) in [4.78, 5) is 8.28. The third-order valence-electron chi connectivity index (χ3n) is 2.60. The minimum absolute atomic E-state index is 0.104. The molecule has 0 fully saturated rings. The van der Waals surface area contributed by atoms with Crippen LogP contribution < -0.4 is 0 Å². The molecule has 0 amide bonds. The monoisotopic (exact) mass is 312 g/mol. The molecule has 2 rings (SSSR count). The van der Waals surface area contributed by atoms with E-state index < -0.39 is 11.6 Å². The van der Waals surface area contributed by atoms with Gasteiger partial charge >= 0.3 is 0 Å². The van der Waals surface area contributed by atoms with Crippen LogP contribution in [-0.4, -0.2) is 9.97 Å². The lowest BCUT2D eigenvalue weighted by Crippen LogP contribution is -2.00. The van der Waals surface area contributed by atoms with Crippen LogP contribution in [0.5, 0.6) is 0 Å². The van der Waals surface area contributed by atoms with Crippen molar-refractivity contribution in [3.63, 3.8) is 0 Å². The van der Waals surface area contributed by atoms with Crippen LogP contribution in [0.3, 0.4) is 0 Å². The summed E-state index contributed by atoms with van der Waals surface area (Å²) >= 11 is 3.22. The second-order valence-electron chi connectivity index (χ2n) is 3.90. The normalized spacial score (nSPS) is 10.7. The van der Waals surface area contributed by atoms with Crippen molar-refractivity contribution < 1.29 is 8.78 Å². The summed E-state index contributed by atoms with van der Waals surface area (Å²) in [5.74, 6) is -0.659. The first-order valence-corrected chi connectivity index (χ1v) is 6.30. The Hall–Kier alpha value is -1.36. The molecule has 94 valence electrons. The van der Waals surface area contributed by atoms with Crippen molar-refractivity contribution in [1.82, 2.24) is 9.97 Å². The van der Waals surface area contributed by atoms with E-state index >= 15 is 0 Å². The summed E-state index contributed by atoms with van der Waals surface area (Å²) in [6.07, 6.45) is 0.599. The molecule has 0 bridgehead atoms. The number of aryl methyl sites for hydroxylation is 2. The van der Waals surface area contributed by atoms with Crippen LogP contribution in [0.15, 0.2) is 22.8 Å². The molecule has 2 nitrogen and oxygen atoms in total. The Kier molecular flexibility index (Phi) is 3.71. The van der Waals surface area contributed by atoms with Gasteiger partial charge in [0.15, 0.2) is 0 Å². The van der Waals surface area contributed by atoms with E-state index in [1.165, 1.54) is 18.2 Å². The zero-order valence-electron chi connectivity index (χ0n) is 9.97. The van der Waals surface area contributed by atoms with Crippen LogP contribution in [0.1, 0.15) is 18.3 Å². The molecule has 0 aliphatic heterocycles. The van der Waals surface area contributed by atoms with Crippen molar-refractivity contribution in [2.24, 2.45) is 0 Å². The Morgan fingerprint density at radius 2 is 1.94 bits per heavy atom. The maximum atomic E-state index is 14.0. The fourth-order valence-electron chi connectivity index (χ4n) is 1.64. The van der Waals surface area contributed by atoms with Gasteiger partial charge in [-0.2, -0.15) is 0 Å². The van der Waals surface area contributed by atoms with Crippen LogP contribution in [0, 0.1) is 18.6 Å². The van der Waals surface area contributed by atoms with Crippen molar-refractivity contribution in [2.45, 2.75) is 20.3 Å². The van der Waals surface area contributed by atoms with Crippen molar-refractivity contribution in [3.05, 3.63) is 45.8 Å². The Bertz CT molecular complexity index is 600. The standard InChI is InChI=1S/C13H11BrF2N2/c1-3-11-17-9(6-10(14)18-11)12-8(15)5-4-7(2)13(12)16/h4-6H,3H2,1-2H3. The van der Waals surface area contributed by atoms with E-state index in [9.17, 15) is 8.78 Å². The average Bonchev–Trinajstić information content (AvgIpc) is 2.34. The zero-order valence-corrected chi connectivity index (χ0v) is 11.6. The molecule has 1 aromatic heterocycles. The second-order valence-corrected chi connectivity index (χ2v) is 4.71. The molecule has 1 heterocycles. The first-order chi connectivity index (χ1) is 8.52. The van der Waals surface area contributed by atoms with Crippen LogP contribution in [0.2, 0.25) is 0 Å². The van der Waals surface area contributed by atoms with Crippen molar-refractivity contribution in [2.75, 3.05) is 0 Å². The van der Waals surface area contributed by atoms with Gasteiger partial charge in [0.25, 0.3) is 0 Å². The number of benzene rings is 1. The fourth-order valence-corrected chi connectivity index (χ4v) is 2.06. The minimum atomic E-state index is -0.620. The lowest BCUT2D eigenvalue weighted by atomic mass is 10.1. The third kappa shape index (κ3) is 2.41. The van der Waals surface area contributed by atoms with E-state index in [4.69, 9.17) is 0 Å². The minimum Gasteiger partial charge on any atom is -0.233 e. The van der Waals surface area contributed by atoms with Gasteiger partial charge in [-0.3, -0.25) is 0 Å². The maximum Gasteiger partial charge on any atom is 0.138 e. The van der Waals surface area contributed by atoms with Gasteiger partial charge in [0.2, 0.25) is 0 Å². The van der Waals surface area contributed by atoms with Crippen molar-refractivity contribution >= 4 is 15.9 Å². The summed E-state index contributed by atoms with van der Waals surface area (Å²) < 4.78 is 28.3. The molecular formula is C13H11BrF2N2. The lowest BCUT2D eigenvalue weighted by molar-refractivity contribution is 0.582. The lowest BCUT2D eigenvalue weighted by Gasteiger charge is -2.08. The Morgan fingerprint density at radius 3 is 2.61 bits per heavy atom. The number of rotatable bonds is 2. The maximum absolute atomic E-state index is 14.0. The highest BCUT2D eigenvalue weighted by Crippen LogP contribution is 2.28. The summed E-state index contributed by atoms with van der Waals surface area (Å²) in [6.45, 7) is 3.48. The molecule has 18 heavy (non-hydrogen) atoms. The van der Waals surface area contributed by atoms with E-state index in [2.05, 4.69) is 25.9 Å². The molecule has 0 aliphatic rings. The average molecular weight is 313 g/mol. The Morgan fingerprint density at radius 1 is 1.22 bits per heavy atom. The molecule has 0 aliphatic carbocycles. The van der Waals surface area contributed by atoms with Gasteiger partial charge in [0.05, 0.1) is 11.3 Å². The SMILES string of the molecule is CCc1nc(Br)cc(-c2c(F)ccc(C)c2F)n1. The van der Waals surface area contributed by atoms with Crippen LogP contribution in [0.4, 0.5) is 8.78 Å². The first kappa shape index (κ1) is 13.1.